The number of thiazole rings is 1. The fourth-order valence-corrected chi connectivity index (χ4v) is 6.21. The lowest BCUT2D eigenvalue weighted by Gasteiger charge is -2.22. The summed E-state index contributed by atoms with van der Waals surface area (Å²) in [7, 11) is -3.97. The molecule has 1 aromatic heterocycles. The van der Waals surface area contributed by atoms with Gasteiger partial charge in [-0.05, 0) is 84.9 Å². The second-order valence-electron chi connectivity index (χ2n) is 10.4. The Morgan fingerprint density at radius 3 is 2.23 bits per heavy atom. The zero-order valence-corrected chi connectivity index (χ0v) is 24.7. The summed E-state index contributed by atoms with van der Waals surface area (Å²) < 4.78 is 39.9. The Bertz CT molecular complexity index is 1380. The molecule has 10 nitrogen and oxygen atoms in total. The van der Waals surface area contributed by atoms with Crippen LogP contribution in [0.5, 0.6) is 0 Å². The van der Waals surface area contributed by atoms with E-state index in [9.17, 15) is 18.3 Å². The fourth-order valence-electron chi connectivity index (χ4n) is 3.52. The van der Waals surface area contributed by atoms with E-state index in [4.69, 9.17) is 9.47 Å². The predicted molar refractivity (Wildman–Crippen MR) is 154 cm³/mol. The SMILES string of the molecule is CC(C)OC(=O)Nc1ccc(-c2cnc(-c3ccc(NC(O)OC(C)C)cc3)s2)c(S(=O)(=O)NC(C)(C)C)c1. The van der Waals surface area contributed by atoms with Crippen molar-refractivity contribution in [2.45, 2.75) is 77.5 Å². The molecular weight excluding hydrogens is 540 g/mol. The third-order valence-electron chi connectivity index (χ3n) is 4.90. The molecule has 3 rings (SSSR count). The number of carbonyl (C=O) groups is 1. The topological polar surface area (TPSA) is 139 Å². The maximum atomic E-state index is 13.4. The number of ether oxygens (including phenoxy) is 2. The highest BCUT2D eigenvalue weighted by atomic mass is 32.2. The van der Waals surface area contributed by atoms with Crippen molar-refractivity contribution in [3.05, 3.63) is 48.7 Å². The van der Waals surface area contributed by atoms with Crippen molar-refractivity contribution in [2.75, 3.05) is 10.6 Å². The summed E-state index contributed by atoms with van der Waals surface area (Å²) in [5, 5.41) is 16.1. The summed E-state index contributed by atoms with van der Waals surface area (Å²) in [6, 6.07) is 12.0. The van der Waals surface area contributed by atoms with E-state index in [-0.39, 0.29) is 22.8 Å². The number of rotatable bonds is 10. The molecule has 12 heteroatoms. The van der Waals surface area contributed by atoms with Gasteiger partial charge in [-0.3, -0.25) is 5.32 Å². The largest absolute Gasteiger partial charge is 0.447 e. The first-order valence-electron chi connectivity index (χ1n) is 12.5. The van der Waals surface area contributed by atoms with Gasteiger partial charge in [0.15, 0.2) is 0 Å². The Hall–Kier alpha value is -3.03. The second-order valence-corrected chi connectivity index (χ2v) is 13.1. The quantitative estimate of drug-likeness (QED) is 0.228. The molecule has 0 aliphatic heterocycles. The molecule has 1 heterocycles. The van der Waals surface area contributed by atoms with Gasteiger partial charge in [0.25, 0.3) is 0 Å². The summed E-state index contributed by atoms with van der Waals surface area (Å²) >= 11 is 1.33. The predicted octanol–water partition coefficient (Wildman–Crippen LogP) is 5.62. The lowest BCUT2D eigenvalue weighted by Crippen LogP contribution is -2.40. The number of benzene rings is 2. The van der Waals surface area contributed by atoms with Crippen molar-refractivity contribution in [3.8, 4) is 21.0 Å². The van der Waals surface area contributed by atoms with E-state index >= 15 is 0 Å². The molecule has 1 atom stereocenters. The summed E-state index contributed by atoms with van der Waals surface area (Å²) in [6.45, 7) is 12.4. The molecule has 0 fully saturated rings. The van der Waals surface area contributed by atoms with E-state index in [0.29, 0.717) is 21.1 Å². The molecule has 39 heavy (non-hydrogen) atoms. The van der Waals surface area contributed by atoms with Gasteiger partial charge >= 0.3 is 6.09 Å². The second kappa shape index (κ2) is 12.4. The van der Waals surface area contributed by atoms with E-state index in [1.165, 1.54) is 17.4 Å². The molecular formula is C27H36N4O6S2. The number of anilines is 2. The zero-order valence-electron chi connectivity index (χ0n) is 23.1. The van der Waals surface area contributed by atoms with Gasteiger partial charge in [-0.2, -0.15) is 0 Å². The maximum absolute atomic E-state index is 13.4. The Morgan fingerprint density at radius 2 is 1.64 bits per heavy atom. The number of nitrogens with zero attached hydrogens (tertiary/aromatic N) is 1. The van der Waals surface area contributed by atoms with Crippen molar-refractivity contribution in [1.82, 2.24) is 9.71 Å². The van der Waals surface area contributed by atoms with Crippen LogP contribution in [0.4, 0.5) is 16.2 Å². The van der Waals surface area contributed by atoms with Crippen LogP contribution in [0.2, 0.25) is 0 Å². The van der Waals surface area contributed by atoms with Crippen LogP contribution in [-0.2, 0) is 19.5 Å². The number of sulfonamides is 1. The Morgan fingerprint density at radius 1 is 1.00 bits per heavy atom. The molecule has 0 saturated heterocycles. The maximum Gasteiger partial charge on any atom is 0.411 e. The third-order valence-corrected chi connectivity index (χ3v) is 7.77. The van der Waals surface area contributed by atoms with Crippen LogP contribution in [0, 0.1) is 0 Å². The van der Waals surface area contributed by atoms with Gasteiger partial charge in [0, 0.05) is 34.2 Å². The van der Waals surface area contributed by atoms with Gasteiger partial charge in [0.05, 0.1) is 22.0 Å². The average Bonchev–Trinajstić information content (AvgIpc) is 3.27. The number of amides is 1. The molecule has 0 saturated carbocycles. The summed E-state index contributed by atoms with van der Waals surface area (Å²) in [5.74, 6) is 0. The van der Waals surface area contributed by atoms with Gasteiger partial charge in [0.2, 0.25) is 16.4 Å². The van der Waals surface area contributed by atoms with Gasteiger partial charge in [-0.15, -0.1) is 11.3 Å². The minimum absolute atomic E-state index is 0.00802. The van der Waals surface area contributed by atoms with E-state index < -0.39 is 28.1 Å². The standard InChI is InChI=1S/C27H36N4O6S2/c1-16(2)36-25(32)29-19-10-8-18(9-11-19)24-28-15-22(38-24)21-13-12-20(30-26(33)37-17(3)4)14-23(21)39(34,35)31-27(5,6)7/h8-17,25,29,31-32H,1-7H3,(H,30,33). The molecule has 4 N–H and O–H groups in total. The van der Waals surface area contributed by atoms with Crippen LogP contribution in [-0.4, -0.2) is 48.8 Å². The van der Waals surface area contributed by atoms with Crippen LogP contribution in [0.1, 0.15) is 48.5 Å². The molecule has 0 radical (unpaired) electrons. The van der Waals surface area contributed by atoms with E-state index in [1.54, 1.807) is 65.1 Å². The molecule has 1 amide bonds. The molecule has 0 bridgehead atoms. The van der Waals surface area contributed by atoms with Gasteiger partial charge < -0.3 is 19.9 Å². The van der Waals surface area contributed by atoms with Crippen LogP contribution in [0.3, 0.4) is 0 Å². The summed E-state index contributed by atoms with van der Waals surface area (Å²) in [4.78, 5) is 17.3. The van der Waals surface area contributed by atoms with Crippen molar-refractivity contribution in [1.29, 1.82) is 0 Å². The van der Waals surface area contributed by atoms with Crippen molar-refractivity contribution >= 4 is 38.8 Å². The van der Waals surface area contributed by atoms with Gasteiger partial charge in [0.1, 0.15) is 5.01 Å². The molecule has 0 aliphatic carbocycles. The van der Waals surface area contributed by atoms with Crippen LogP contribution < -0.4 is 15.4 Å². The molecule has 1 unspecified atom stereocenters. The number of aliphatic hydroxyl groups is 1. The summed E-state index contributed by atoms with van der Waals surface area (Å²) in [5.41, 5.74) is 1.51. The van der Waals surface area contributed by atoms with E-state index in [1.807, 2.05) is 26.0 Å². The minimum atomic E-state index is -3.97. The van der Waals surface area contributed by atoms with Crippen LogP contribution in [0.25, 0.3) is 21.0 Å². The first kappa shape index (κ1) is 30.5. The number of hydrogen-bond donors (Lipinski definition) is 4. The Kier molecular flexibility index (Phi) is 9.73. The highest BCUT2D eigenvalue weighted by molar-refractivity contribution is 7.89. The van der Waals surface area contributed by atoms with E-state index in [2.05, 4.69) is 20.3 Å². The Labute approximate surface area is 233 Å². The lowest BCUT2D eigenvalue weighted by atomic mass is 10.1. The normalized spacial score (nSPS) is 13.0. The van der Waals surface area contributed by atoms with Crippen LogP contribution in [0.15, 0.2) is 53.6 Å². The van der Waals surface area contributed by atoms with Crippen molar-refractivity contribution in [3.63, 3.8) is 0 Å². The first-order valence-corrected chi connectivity index (χ1v) is 14.8. The monoisotopic (exact) mass is 576 g/mol. The first-order chi connectivity index (χ1) is 18.1. The number of hydrogen-bond acceptors (Lipinski definition) is 9. The molecule has 0 aliphatic rings. The number of aliphatic hydroxyl groups excluding tert-OH is 1. The summed E-state index contributed by atoms with van der Waals surface area (Å²) in [6.07, 6.45) is -0.640. The van der Waals surface area contributed by atoms with Gasteiger partial charge in [-0.25, -0.2) is 22.9 Å². The molecule has 212 valence electrons. The average molecular weight is 577 g/mol. The Balaban J connectivity index is 1.93. The van der Waals surface area contributed by atoms with Crippen molar-refractivity contribution < 1.29 is 27.8 Å². The van der Waals surface area contributed by atoms with Gasteiger partial charge in [-0.1, -0.05) is 6.07 Å². The van der Waals surface area contributed by atoms with E-state index in [0.717, 1.165) is 5.56 Å². The molecule has 0 spiro atoms. The van der Waals surface area contributed by atoms with Crippen molar-refractivity contribution in [2.24, 2.45) is 0 Å². The fraction of sp³-hybridized carbons (Fsp3) is 0.407. The molecule has 2 aromatic carbocycles. The number of aromatic nitrogens is 1. The zero-order chi connectivity index (χ0) is 29.0. The highest BCUT2D eigenvalue weighted by Gasteiger charge is 2.27. The van der Waals surface area contributed by atoms with Crippen LogP contribution >= 0.6 is 11.3 Å². The smallest absolute Gasteiger partial charge is 0.411 e. The lowest BCUT2D eigenvalue weighted by molar-refractivity contribution is -0.105. The minimum Gasteiger partial charge on any atom is -0.447 e. The number of carbonyl (C=O) groups excluding carboxylic acids is 1. The molecule has 3 aromatic rings. The highest BCUT2D eigenvalue weighted by Crippen LogP contribution is 2.37. The number of nitrogens with one attached hydrogen (secondary N) is 3. The third kappa shape index (κ3) is 9.01.